The first kappa shape index (κ1) is 16.7. The Morgan fingerprint density at radius 2 is 1.68 bits per heavy atom. The summed E-state index contributed by atoms with van der Waals surface area (Å²) in [5, 5.41) is 6.46. The van der Waals surface area contributed by atoms with E-state index in [2.05, 4.69) is 22.8 Å². The zero-order valence-corrected chi connectivity index (χ0v) is 15.1. The molecule has 25 heavy (non-hydrogen) atoms. The average Bonchev–Trinajstić information content (AvgIpc) is 2.63. The van der Waals surface area contributed by atoms with Crippen LogP contribution in [0.15, 0.2) is 24.3 Å². The number of benzene rings is 1. The monoisotopic (exact) mass is 342 g/mol. The van der Waals surface area contributed by atoms with E-state index in [9.17, 15) is 4.79 Å². The minimum Gasteiger partial charge on any atom is -0.487 e. The van der Waals surface area contributed by atoms with Gasteiger partial charge >= 0.3 is 6.03 Å². The number of hydrogen-bond acceptors (Lipinski definition) is 2. The molecule has 0 saturated heterocycles. The van der Waals surface area contributed by atoms with E-state index in [1.54, 1.807) is 0 Å². The summed E-state index contributed by atoms with van der Waals surface area (Å²) in [4.78, 5) is 12.6. The number of ether oxygens (including phenoxy) is 1. The number of fused-ring (bicyclic) bond motifs is 1. The van der Waals surface area contributed by atoms with Crippen LogP contribution in [0.5, 0.6) is 5.75 Å². The molecule has 2 fully saturated rings. The summed E-state index contributed by atoms with van der Waals surface area (Å²) in [5.74, 6) is 0.957. The van der Waals surface area contributed by atoms with Gasteiger partial charge in [0, 0.05) is 18.0 Å². The molecular weight excluding hydrogens is 312 g/mol. The quantitative estimate of drug-likeness (QED) is 0.807. The Balaban J connectivity index is 1.47. The van der Waals surface area contributed by atoms with E-state index in [1.807, 2.05) is 12.1 Å². The maximum Gasteiger partial charge on any atom is 0.315 e. The van der Waals surface area contributed by atoms with Crippen molar-refractivity contribution in [3.05, 3.63) is 29.8 Å². The van der Waals surface area contributed by atoms with E-state index < -0.39 is 0 Å². The molecule has 3 aliphatic rings. The van der Waals surface area contributed by atoms with Crippen molar-refractivity contribution in [1.29, 1.82) is 0 Å². The Bertz CT molecular complexity index is 604. The van der Waals surface area contributed by atoms with Gasteiger partial charge in [0.05, 0.1) is 6.04 Å². The number of carbonyl (C=O) groups excluding carboxylic acids is 1. The van der Waals surface area contributed by atoms with Gasteiger partial charge in [-0.15, -0.1) is 0 Å². The molecule has 1 spiro atoms. The SMILES string of the molecule is O=C(NC1CCCCC1)NC1CC2(CCCCC2)Oc2ccccc21. The van der Waals surface area contributed by atoms with E-state index in [4.69, 9.17) is 4.74 Å². The second-order valence-electron chi connectivity index (χ2n) is 8.09. The van der Waals surface area contributed by atoms with E-state index in [-0.39, 0.29) is 17.7 Å². The normalized spacial score (nSPS) is 25.7. The highest BCUT2D eigenvalue weighted by molar-refractivity contribution is 5.75. The number of hydrogen-bond donors (Lipinski definition) is 2. The maximum atomic E-state index is 12.6. The molecule has 2 amide bonds. The zero-order chi connectivity index (χ0) is 17.1. The lowest BCUT2D eigenvalue weighted by atomic mass is 9.77. The third kappa shape index (κ3) is 3.78. The molecule has 2 aliphatic carbocycles. The molecule has 1 atom stereocenters. The second-order valence-corrected chi connectivity index (χ2v) is 8.09. The third-order valence-electron chi connectivity index (χ3n) is 6.21. The van der Waals surface area contributed by atoms with Crippen molar-refractivity contribution >= 4 is 6.03 Å². The Kier molecular flexibility index (Phi) is 4.87. The van der Waals surface area contributed by atoms with Gasteiger partial charge < -0.3 is 15.4 Å². The number of rotatable bonds is 2. The Morgan fingerprint density at radius 3 is 2.48 bits per heavy atom. The minimum atomic E-state index is -0.0879. The zero-order valence-electron chi connectivity index (χ0n) is 15.1. The average molecular weight is 342 g/mol. The van der Waals surface area contributed by atoms with E-state index in [0.717, 1.165) is 43.4 Å². The highest BCUT2D eigenvalue weighted by Crippen LogP contribution is 2.45. The van der Waals surface area contributed by atoms with Crippen molar-refractivity contribution in [2.75, 3.05) is 0 Å². The highest BCUT2D eigenvalue weighted by Gasteiger charge is 2.42. The molecule has 0 bridgehead atoms. The van der Waals surface area contributed by atoms with Crippen LogP contribution in [0, 0.1) is 0 Å². The van der Waals surface area contributed by atoms with Gasteiger partial charge in [0.1, 0.15) is 11.4 Å². The highest BCUT2D eigenvalue weighted by atomic mass is 16.5. The Labute approximate surface area is 150 Å². The largest absolute Gasteiger partial charge is 0.487 e. The number of amides is 2. The predicted octanol–water partition coefficient (Wildman–Crippen LogP) is 4.85. The molecule has 1 aromatic carbocycles. The van der Waals surface area contributed by atoms with Gasteiger partial charge in [-0.1, -0.05) is 43.9 Å². The summed E-state index contributed by atoms with van der Waals surface area (Å²) in [6, 6.07) is 8.59. The summed E-state index contributed by atoms with van der Waals surface area (Å²) >= 11 is 0. The lowest BCUT2D eigenvalue weighted by molar-refractivity contribution is -0.00124. The first-order valence-electron chi connectivity index (χ1n) is 10.1. The molecule has 1 aliphatic heterocycles. The molecule has 4 rings (SSSR count). The summed E-state index contributed by atoms with van der Waals surface area (Å²) in [7, 11) is 0. The molecule has 0 radical (unpaired) electrons. The lowest BCUT2D eigenvalue weighted by Crippen LogP contribution is -2.49. The molecule has 136 valence electrons. The smallest absolute Gasteiger partial charge is 0.315 e. The van der Waals surface area contributed by atoms with Crippen LogP contribution in [0.2, 0.25) is 0 Å². The fraction of sp³-hybridized carbons (Fsp3) is 0.667. The van der Waals surface area contributed by atoms with E-state index >= 15 is 0 Å². The van der Waals surface area contributed by atoms with Crippen molar-refractivity contribution in [2.24, 2.45) is 0 Å². The van der Waals surface area contributed by atoms with Crippen molar-refractivity contribution in [3.63, 3.8) is 0 Å². The van der Waals surface area contributed by atoms with Crippen LogP contribution in [0.3, 0.4) is 0 Å². The molecule has 1 heterocycles. The van der Waals surface area contributed by atoms with Gasteiger partial charge in [-0.25, -0.2) is 4.79 Å². The van der Waals surface area contributed by atoms with Crippen LogP contribution < -0.4 is 15.4 Å². The van der Waals surface area contributed by atoms with Gasteiger partial charge in [-0.2, -0.15) is 0 Å². The van der Waals surface area contributed by atoms with Crippen LogP contribution in [-0.4, -0.2) is 17.7 Å². The van der Waals surface area contributed by atoms with Crippen LogP contribution >= 0.6 is 0 Å². The molecule has 0 aromatic heterocycles. The molecule has 1 aromatic rings. The van der Waals surface area contributed by atoms with Crippen LogP contribution in [0.25, 0.3) is 0 Å². The van der Waals surface area contributed by atoms with Gasteiger partial charge in [-0.3, -0.25) is 0 Å². The van der Waals surface area contributed by atoms with Crippen LogP contribution in [0.4, 0.5) is 4.79 Å². The lowest BCUT2D eigenvalue weighted by Gasteiger charge is -2.44. The van der Waals surface area contributed by atoms with E-state index in [1.165, 1.54) is 38.5 Å². The predicted molar refractivity (Wildman–Crippen MR) is 98.8 cm³/mol. The fourth-order valence-corrected chi connectivity index (χ4v) is 4.88. The molecule has 4 heteroatoms. The number of nitrogens with one attached hydrogen (secondary N) is 2. The maximum absolute atomic E-state index is 12.6. The summed E-state index contributed by atoms with van der Waals surface area (Å²) < 4.78 is 6.45. The topological polar surface area (TPSA) is 50.4 Å². The number of para-hydroxylation sites is 1. The van der Waals surface area contributed by atoms with Crippen molar-refractivity contribution in [1.82, 2.24) is 10.6 Å². The Hall–Kier alpha value is -1.71. The third-order valence-corrected chi connectivity index (χ3v) is 6.21. The van der Waals surface area contributed by atoms with E-state index in [0.29, 0.717) is 6.04 Å². The Morgan fingerprint density at radius 1 is 0.960 bits per heavy atom. The molecule has 2 N–H and O–H groups in total. The van der Waals surface area contributed by atoms with Crippen molar-refractivity contribution < 1.29 is 9.53 Å². The molecule has 1 unspecified atom stereocenters. The first-order valence-corrected chi connectivity index (χ1v) is 10.1. The van der Waals surface area contributed by atoms with Crippen molar-refractivity contribution in [2.45, 2.75) is 88.3 Å². The fourth-order valence-electron chi connectivity index (χ4n) is 4.88. The van der Waals surface area contributed by atoms with Gasteiger partial charge in [0.15, 0.2) is 0 Å². The first-order chi connectivity index (χ1) is 12.2. The van der Waals surface area contributed by atoms with Gasteiger partial charge in [-0.05, 0) is 44.6 Å². The standard InChI is InChI=1S/C21H30N2O2/c24-20(22-16-9-3-1-4-10-16)23-18-15-21(13-7-2-8-14-21)25-19-12-6-5-11-17(18)19/h5-6,11-12,16,18H,1-4,7-10,13-15H2,(H2,22,23,24). The van der Waals surface area contributed by atoms with Crippen LogP contribution in [0.1, 0.15) is 82.2 Å². The van der Waals surface area contributed by atoms with Crippen LogP contribution in [-0.2, 0) is 0 Å². The van der Waals surface area contributed by atoms with Crippen molar-refractivity contribution in [3.8, 4) is 5.75 Å². The second kappa shape index (κ2) is 7.27. The number of carbonyl (C=O) groups is 1. The minimum absolute atomic E-state index is 0.0143. The molecular formula is C21H30N2O2. The summed E-state index contributed by atoms with van der Waals surface area (Å²) in [6.07, 6.45) is 12.8. The molecule has 4 nitrogen and oxygen atoms in total. The van der Waals surface area contributed by atoms with Gasteiger partial charge in [0.2, 0.25) is 0 Å². The summed E-state index contributed by atoms with van der Waals surface area (Å²) in [6.45, 7) is 0. The number of urea groups is 1. The summed E-state index contributed by atoms with van der Waals surface area (Å²) in [5.41, 5.74) is 1.03. The van der Waals surface area contributed by atoms with Gasteiger partial charge in [0.25, 0.3) is 0 Å². The molecule has 2 saturated carbocycles.